The number of benzene rings is 1. The summed E-state index contributed by atoms with van der Waals surface area (Å²) in [6, 6.07) is 8.25. The summed E-state index contributed by atoms with van der Waals surface area (Å²) in [6.07, 6.45) is 4.71. The fraction of sp³-hybridized carbons (Fsp3) is 0.632. The van der Waals surface area contributed by atoms with Gasteiger partial charge in [0.2, 0.25) is 0 Å². The van der Waals surface area contributed by atoms with Crippen molar-refractivity contribution in [3.63, 3.8) is 0 Å². The van der Waals surface area contributed by atoms with E-state index in [2.05, 4.69) is 38.1 Å². The molecule has 1 aromatic carbocycles. The van der Waals surface area contributed by atoms with Gasteiger partial charge in [-0.05, 0) is 51.5 Å². The van der Waals surface area contributed by atoms with Gasteiger partial charge in [-0.25, -0.2) is 0 Å². The minimum absolute atomic E-state index is 0.0382. The normalized spacial score (nSPS) is 23.0. The van der Waals surface area contributed by atoms with Crippen molar-refractivity contribution in [2.24, 2.45) is 5.92 Å². The van der Waals surface area contributed by atoms with Crippen molar-refractivity contribution in [2.45, 2.75) is 65.1 Å². The first-order chi connectivity index (χ1) is 10.6. The topological polar surface area (TPSA) is 35.5 Å². The summed E-state index contributed by atoms with van der Waals surface area (Å²) in [5.74, 6) is -0.00132. The van der Waals surface area contributed by atoms with Crippen LogP contribution in [-0.4, -0.2) is 18.7 Å². The Kier molecular flexibility index (Phi) is 6.44. The molecule has 1 aromatic rings. The van der Waals surface area contributed by atoms with E-state index in [1.807, 2.05) is 6.92 Å². The molecular formula is C19H28O3. The first-order valence-electron chi connectivity index (χ1n) is 8.52. The lowest BCUT2D eigenvalue weighted by Gasteiger charge is -2.28. The molecule has 0 amide bonds. The lowest BCUT2D eigenvalue weighted by atomic mass is 9.87. The molecule has 0 N–H and O–H groups in total. The predicted octanol–water partition coefficient (Wildman–Crippen LogP) is 4.58. The highest BCUT2D eigenvalue weighted by Crippen LogP contribution is 2.30. The van der Waals surface area contributed by atoms with E-state index in [4.69, 9.17) is 9.47 Å². The van der Waals surface area contributed by atoms with E-state index in [0.717, 1.165) is 44.3 Å². The Morgan fingerprint density at radius 2 is 1.77 bits per heavy atom. The number of ether oxygens (including phenoxy) is 2. The number of hydrogen-bond acceptors (Lipinski definition) is 3. The van der Waals surface area contributed by atoms with Crippen LogP contribution in [-0.2, 0) is 14.3 Å². The molecule has 1 aliphatic rings. The molecule has 22 heavy (non-hydrogen) atoms. The third kappa shape index (κ3) is 4.57. The molecule has 1 unspecified atom stereocenters. The first-order valence-corrected chi connectivity index (χ1v) is 8.52. The zero-order chi connectivity index (χ0) is 15.9. The minimum atomic E-state index is -0.127. The van der Waals surface area contributed by atoms with E-state index in [1.165, 1.54) is 5.56 Å². The fourth-order valence-corrected chi connectivity index (χ4v) is 3.11. The maximum Gasteiger partial charge on any atom is 0.309 e. The van der Waals surface area contributed by atoms with E-state index in [1.54, 1.807) is 0 Å². The maximum absolute atomic E-state index is 12.4. The van der Waals surface area contributed by atoms with Gasteiger partial charge in [0, 0.05) is 6.61 Å². The van der Waals surface area contributed by atoms with E-state index < -0.39 is 0 Å². The Hall–Kier alpha value is -1.35. The fourth-order valence-electron chi connectivity index (χ4n) is 3.11. The maximum atomic E-state index is 12.4. The van der Waals surface area contributed by atoms with Crippen molar-refractivity contribution >= 4 is 5.97 Å². The van der Waals surface area contributed by atoms with Crippen LogP contribution in [0.3, 0.4) is 0 Å². The molecule has 2 rings (SSSR count). The van der Waals surface area contributed by atoms with Crippen molar-refractivity contribution in [1.82, 2.24) is 0 Å². The summed E-state index contributed by atoms with van der Waals surface area (Å²) >= 11 is 0. The Morgan fingerprint density at radius 3 is 2.32 bits per heavy atom. The molecule has 3 nitrogen and oxygen atoms in total. The molecule has 0 saturated heterocycles. The number of esters is 1. The van der Waals surface area contributed by atoms with Crippen molar-refractivity contribution in [3.8, 4) is 0 Å². The summed E-state index contributed by atoms with van der Waals surface area (Å²) in [5.41, 5.74) is 2.31. The number of hydrogen-bond donors (Lipinski definition) is 0. The second-order valence-electron chi connectivity index (χ2n) is 6.17. The Morgan fingerprint density at radius 1 is 1.14 bits per heavy atom. The standard InChI is InChI=1S/C19H28O3/c1-4-18(15-8-6-14(3)7-9-15)22-19(20)16-10-12-17(13-11-16)21-5-2/h6-9,16-18H,4-5,10-13H2,1-3H3. The molecular weight excluding hydrogens is 276 g/mol. The summed E-state index contributed by atoms with van der Waals surface area (Å²) < 4.78 is 11.4. The van der Waals surface area contributed by atoms with Crippen molar-refractivity contribution in [2.75, 3.05) is 6.61 Å². The van der Waals surface area contributed by atoms with Gasteiger partial charge in [-0.15, -0.1) is 0 Å². The first kappa shape index (κ1) is 17.0. The van der Waals surface area contributed by atoms with Crippen molar-refractivity contribution in [1.29, 1.82) is 0 Å². The number of aryl methyl sites for hydroxylation is 1. The van der Waals surface area contributed by atoms with E-state index in [9.17, 15) is 4.79 Å². The molecule has 1 fully saturated rings. The molecule has 0 aliphatic heterocycles. The number of carbonyl (C=O) groups is 1. The van der Waals surface area contributed by atoms with Gasteiger partial charge in [-0.2, -0.15) is 0 Å². The minimum Gasteiger partial charge on any atom is -0.457 e. The zero-order valence-corrected chi connectivity index (χ0v) is 14.0. The van der Waals surface area contributed by atoms with Gasteiger partial charge in [0.25, 0.3) is 0 Å². The van der Waals surface area contributed by atoms with E-state index >= 15 is 0 Å². The van der Waals surface area contributed by atoms with Crippen molar-refractivity contribution < 1.29 is 14.3 Å². The number of rotatable bonds is 6. The van der Waals surface area contributed by atoms with Crippen LogP contribution < -0.4 is 0 Å². The Labute approximate surface area is 134 Å². The van der Waals surface area contributed by atoms with Gasteiger partial charge >= 0.3 is 5.97 Å². The third-order valence-electron chi connectivity index (χ3n) is 4.49. The Bertz CT molecular complexity index is 458. The lowest BCUT2D eigenvalue weighted by molar-refractivity contribution is -0.156. The molecule has 1 aliphatic carbocycles. The molecule has 1 saturated carbocycles. The quantitative estimate of drug-likeness (QED) is 0.721. The van der Waals surface area contributed by atoms with Crippen LogP contribution in [0.25, 0.3) is 0 Å². The predicted molar refractivity (Wildman–Crippen MR) is 87.7 cm³/mol. The zero-order valence-electron chi connectivity index (χ0n) is 14.0. The molecule has 0 radical (unpaired) electrons. The second kappa shape index (κ2) is 8.33. The molecule has 122 valence electrons. The smallest absolute Gasteiger partial charge is 0.309 e. The highest BCUT2D eigenvalue weighted by Gasteiger charge is 2.29. The average Bonchev–Trinajstić information content (AvgIpc) is 2.54. The monoisotopic (exact) mass is 304 g/mol. The van der Waals surface area contributed by atoms with Crippen LogP contribution in [0.15, 0.2) is 24.3 Å². The molecule has 0 bridgehead atoms. The van der Waals surface area contributed by atoms with Gasteiger partial charge in [-0.1, -0.05) is 36.8 Å². The highest BCUT2D eigenvalue weighted by molar-refractivity contribution is 5.72. The van der Waals surface area contributed by atoms with Crippen molar-refractivity contribution in [3.05, 3.63) is 35.4 Å². The Balaban J connectivity index is 1.88. The van der Waals surface area contributed by atoms with Crippen LogP contribution in [0.4, 0.5) is 0 Å². The van der Waals surface area contributed by atoms with Crippen LogP contribution >= 0.6 is 0 Å². The van der Waals surface area contributed by atoms with Crippen LogP contribution in [0.5, 0.6) is 0 Å². The molecule has 0 aromatic heterocycles. The van der Waals surface area contributed by atoms with Gasteiger partial charge in [0.05, 0.1) is 12.0 Å². The average molecular weight is 304 g/mol. The van der Waals surface area contributed by atoms with E-state index in [0.29, 0.717) is 6.10 Å². The lowest BCUT2D eigenvalue weighted by Crippen LogP contribution is -2.28. The largest absolute Gasteiger partial charge is 0.457 e. The van der Waals surface area contributed by atoms with Gasteiger partial charge < -0.3 is 9.47 Å². The van der Waals surface area contributed by atoms with Gasteiger partial charge in [0.15, 0.2) is 0 Å². The van der Waals surface area contributed by atoms with Crippen LogP contribution in [0, 0.1) is 12.8 Å². The molecule has 0 heterocycles. The summed E-state index contributed by atoms with van der Waals surface area (Å²) in [6.45, 7) is 6.90. The van der Waals surface area contributed by atoms with Crippen LogP contribution in [0.2, 0.25) is 0 Å². The molecule has 0 spiro atoms. The summed E-state index contributed by atoms with van der Waals surface area (Å²) in [5, 5.41) is 0. The van der Waals surface area contributed by atoms with Crippen LogP contribution in [0.1, 0.15) is 63.2 Å². The third-order valence-corrected chi connectivity index (χ3v) is 4.49. The molecule has 3 heteroatoms. The van der Waals surface area contributed by atoms with E-state index in [-0.39, 0.29) is 18.0 Å². The highest BCUT2D eigenvalue weighted by atomic mass is 16.5. The van der Waals surface area contributed by atoms with Gasteiger partial charge in [0.1, 0.15) is 6.10 Å². The second-order valence-corrected chi connectivity index (χ2v) is 6.17. The molecule has 1 atom stereocenters. The summed E-state index contributed by atoms with van der Waals surface area (Å²) in [4.78, 5) is 12.4. The number of carbonyl (C=O) groups excluding carboxylic acids is 1. The van der Waals surface area contributed by atoms with Gasteiger partial charge in [-0.3, -0.25) is 4.79 Å². The summed E-state index contributed by atoms with van der Waals surface area (Å²) in [7, 11) is 0. The SMILES string of the molecule is CCOC1CCC(C(=O)OC(CC)c2ccc(C)cc2)CC1.